The van der Waals surface area contributed by atoms with Gasteiger partial charge in [-0.1, -0.05) is 31.5 Å². The van der Waals surface area contributed by atoms with E-state index in [1.54, 1.807) is 0 Å². The van der Waals surface area contributed by atoms with Crippen molar-refractivity contribution in [1.29, 1.82) is 0 Å². The second-order valence-electron chi connectivity index (χ2n) is 4.43. The third-order valence-electron chi connectivity index (χ3n) is 3.06. The minimum Gasteiger partial charge on any atom is -0.395 e. The fourth-order valence-electron chi connectivity index (χ4n) is 2.04. The molecular weight excluding hydrogens is 224 g/mol. The predicted molar refractivity (Wildman–Crippen MR) is 75.9 cm³/mol. The second-order valence-corrected chi connectivity index (χ2v) is 4.43. The van der Waals surface area contributed by atoms with Crippen LogP contribution in [-0.2, 0) is 0 Å². The lowest BCUT2D eigenvalue weighted by Crippen LogP contribution is -2.28. The van der Waals surface area contributed by atoms with Crippen LogP contribution in [-0.4, -0.2) is 29.8 Å². The van der Waals surface area contributed by atoms with Crippen LogP contribution in [0.15, 0.2) is 36.4 Å². The van der Waals surface area contributed by atoms with Gasteiger partial charge in [0.15, 0.2) is 0 Å². The van der Waals surface area contributed by atoms with E-state index in [2.05, 4.69) is 28.9 Å². The van der Waals surface area contributed by atoms with Gasteiger partial charge in [-0.05, 0) is 24.6 Å². The van der Waals surface area contributed by atoms with Crippen molar-refractivity contribution in [1.82, 2.24) is 4.98 Å². The zero-order valence-corrected chi connectivity index (χ0v) is 10.8. The first-order valence-electron chi connectivity index (χ1n) is 6.56. The number of rotatable bonds is 6. The molecule has 96 valence electrons. The summed E-state index contributed by atoms with van der Waals surface area (Å²) in [5.41, 5.74) is 1.01. The molecule has 0 amide bonds. The van der Waals surface area contributed by atoms with Crippen LogP contribution in [0.25, 0.3) is 10.9 Å². The molecule has 3 heteroatoms. The summed E-state index contributed by atoms with van der Waals surface area (Å²) in [6, 6.07) is 12.2. The van der Waals surface area contributed by atoms with Crippen LogP contribution >= 0.6 is 0 Å². The normalized spacial score (nSPS) is 10.8. The predicted octanol–water partition coefficient (Wildman–Crippen LogP) is 2.83. The molecule has 0 unspecified atom stereocenters. The Hall–Kier alpha value is -1.61. The number of aliphatic hydroxyl groups is 1. The summed E-state index contributed by atoms with van der Waals surface area (Å²) in [7, 11) is 0. The SMILES string of the molecule is CCCCN(CCO)c1ccc2ccccc2n1. The number of unbranched alkanes of at least 4 members (excludes halogenated alkanes) is 1. The minimum absolute atomic E-state index is 0.165. The molecule has 1 aromatic carbocycles. The smallest absolute Gasteiger partial charge is 0.129 e. The molecular formula is C15H20N2O. The Morgan fingerprint density at radius 2 is 1.94 bits per heavy atom. The van der Waals surface area contributed by atoms with Gasteiger partial charge < -0.3 is 10.0 Å². The molecule has 0 saturated carbocycles. The van der Waals surface area contributed by atoms with E-state index in [9.17, 15) is 0 Å². The Morgan fingerprint density at radius 3 is 2.72 bits per heavy atom. The lowest BCUT2D eigenvalue weighted by molar-refractivity contribution is 0.301. The first-order chi connectivity index (χ1) is 8.85. The van der Waals surface area contributed by atoms with E-state index in [1.165, 1.54) is 0 Å². The van der Waals surface area contributed by atoms with Crippen LogP contribution in [0.1, 0.15) is 19.8 Å². The van der Waals surface area contributed by atoms with Gasteiger partial charge in [0.1, 0.15) is 5.82 Å². The van der Waals surface area contributed by atoms with Crippen molar-refractivity contribution in [2.24, 2.45) is 0 Å². The molecule has 0 aliphatic rings. The highest BCUT2D eigenvalue weighted by Gasteiger charge is 2.07. The number of hydrogen-bond donors (Lipinski definition) is 1. The molecule has 1 heterocycles. The van der Waals surface area contributed by atoms with Crippen molar-refractivity contribution in [2.75, 3.05) is 24.6 Å². The summed E-state index contributed by atoms with van der Waals surface area (Å²) in [6.45, 7) is 3.93. The van der Waals surface area contributed by atoms with E-state index >= 15 is 0 Å². The molecule has 1 N–H and O–H groups in total. The number of fused-ring (bicyclic) bond motifs is 1. The zero-order valence-electron chi connectivity index (χ0n) is 10.8. The van der Waals surface area contributed by atoms with E-state index in [0.717, 1.165) is 36.1 Å². The molecule has 0 saturated heterocycles. The highest BCUT2D eigenvalue weighted by atomic mass is 16.3. The Balaban J connectivity index is 2.25. The van der Waals surface area contributed by atoms with Crippen molar-refractivity contribution in [3.63, 3.8) is 0 Å². The number of pyridine rings is 1. The molecule has 0 bridgehead atoms. The molecule has 3 nitrogen and oxygen atoms in total. The molecule has 0 atom stereocenters. The maximum atomic E-state index is 9.14. The van der Waals surface area contributed by atoms with Crippen LogP contribution in [0.3, 0.4) is 0 Å². The summed E-state index contributed by atoms with van der Waals surface area (Å²) in [6.07, 6.45) is 2.27. The molecule has 18 heavy (non-hydrogen) atoms. The maximum absolute atomic E-state index is 9.14. The van der Waals surface area contributed by atoms with Gasteiger partial charge in [-0.15, -0.1) is 0 Å². The standard InChI is InChI=1S/C15H20N2O/c1-2-3-10-17(11-12-18)15-9-8-13-6-4-5-7-14(13)16-15/h4-9,18H,2-3,10-12H2,1H3. The number of nitrogens with zero attached hydrogens (tertiary/aromatic N) is 2. The summed E-state index contributed by atoms with van der Waals surface area (Å²) >= 11 is 0. The topological polar surface area (TPSA) is 36.4 Å². The summed E-state index contributed by atoms with van der Waals surface area (Å²) in [4.78, 5) is 6.81. The Morgan fingerprint density at radius 1 is 1.11 bits per heavy atom. The van der Waals surface area contributed by atoms with Crippen LogP contribution in [0.4, 0.5) is 5.82 Å². The molecule has 2 aromatic rings. The van der Waals surface area contributed by atoms with Gasteiger partial charge in [0.05, 0.1) is 12.1 Å². The molecule has 0 radical (unpaired) electrons. The highest BCUT2D eigenvalue weighted by molar-refractivity contribution is 5.80. The third kappa shape index (κ3) is 2.99. The van der Waals surface area contributed by atoms with Crippen molar-refractivity contribution < 1.29 is 5.11 Å². The van der Waals surface area contributed by atoms with Gasteiger partial charge in [0.25, 0.3) is 0 Å². The molecule has 0 spiro atoms. The Kier molecular flexibility index (Phi) is 4.53. The van der Waals surface area contributed by atoms with Gasteiger partial charge >= 0.3 is 0 Å². The lowest BCUT2D eigenvalue weighted by Gasteiger charge is -2.22. The van der Waals surface area contributed by atoms with Gasteiger partial charge in [-0.25, -0.2) is 4.98 Å². The fraction of sp³-hybridized carbons (Fsp3) is 0.400. The first-order valence-corrected chi connectivity index (χ1v) is 6.56. The average molecular weight is 244 g/mol. The van der Waals surface area contributed by atoms with Crippen LogP contribution < -0.4 is 4.90 Å². The third-order valence-corrected chi connectivity index (χ3v) is 3.06. The van der Waals surface area contributed by atoms with Gasteiger partial charge in [-0.3, -0.25) is 0 Å². The maximum Gasteiger partial charge on any atom is 0.129 e. The van der Waals surface area contributed by atoms with Crippen LogP contribution in [0.2, 0.25) is 0 Å². The summed E-state index contributed by atoms with van der Waals surface area (Å²) in [5, 5.41) is 10.3. The van der Waals surface area contributed by atoms with Gasteiger partial charge in [-0.2, -0.15) is 0 Å². The molecule has 1 aromatic heterocycles. The molecule has 0 fully saturated rings. The number of aromatic nitrogens is 1. The van der Waals surface area contributed by atoms with Crippen molar-refractivity contribution in [2.45, 2.75) is 19.8 Å². The Bertz CT molecular complexity index is 499. The van der Waals surface area contributed by atoms with Crippen molar-refractivity contribution in [3.8, 4) is 0 Å². The largest absolute Gasteiger partial charge is 0.395 e. The van der Waals surface area contributed by atoms with Crippen LogP contribution in [0.5, 0.6) is 0 Å². The van der Waals surface area contributed by atoms with E-state index in [4.69, 9.17) is 5.11 Å². The monoisotopic (exact) mass is 244 g/mol. The van der Waals surface area contributed by atoms with Gasteiger partial charge in [0, 0.05) is 18.5 Å². The van der Waals surface area contributed by atoms with Crippen LogP contribution in [0, 0.1) is 0 Å². The lowest BCUT2D eigenvalue weighted by atomic mass is 10.2. The summed E-state index contributed by atoms with van der Waals surface area (Å²) in [5.74, 6) is 0.955. The quantitative estimate of drug-likeness (QED) is 0.849. The van der Waals surface area contributed by atoms with E-state index in [-0.39, 0.29) is 6.61 Å². The number of anilines is 1. The zero-order chi connectivity index (χ0) is 12.8. The minimum atomic E-state index is 0.165. The second kappa shape index (κ2) is 6.36. The van der Waals surface area contributed by atoms with E-state index in [1.807, 2.05) is 24.3 Å². The average Bonchev–Trinajstić information content (AvgIpc) is 2.43. The first kappa shape index (κ1) is 12.8. The van der Waals surface area contributed by atoms with E-state index < -0.39 is 0 Å². The fourth-order valence-corrected chi connectivity index (χ4v) is 2.04. The van der Waals surface area contributed by atoms with Crippen molar-refractivity contribution in [3.05, 3.63) is 36.4 Å². The summed E-state index contributed by atoms with van der Waals surface area (Å²) < 4.78 is 0. The molecule has 0 aliphatic carbocycles. The number of aliphatic hydroxyl groups excluding tert-OH is 1. The highest BCUT2D eigenvalue weighted by Crippen LogP contribution is 2.18. The number of benzene rings is 1. The van der Waals surface area contributed by atoms with E-state index in [0.29, 0.717) is 6.54 Å². The van der Waals surface area contributed by atoms with Crippen molar-refractivity contribution >= 4 is 16.7 Å². The number of para-hydroxylation sites is 1. The number of hydrogen-bond acceptors (Lipinski definition) is 3. The molecule has 0 aliphatic heterocycles. The Labute approximate surface area is 108 Å². The van der Waals surface area contributed by atoms with Gasteiger partial charge in [0.2, 0.25) is 0 Å². The molecule has 2 rings (SSSR count).